The Labute approximate surface area is 200 Å². The highest BCUT2D eigenvalue weighted by atomic mass is 16.6. The van der Waals surface area contributed by atoms with Crippen molar-refractivity contribution >= 4 is 23.8 Å². The van der Waals surface area contributed by atoms with Crippen molar-refractivity contribution in [2.75, 3.05) is 38.3 Å². The molecule has 1 N–H and O–H groups in total. The number of hydrogen-bond acceptors (Lipinski definition) is 8. The van der Waals surface area contributed by atoms with Gasteiger partial charge in [-0.2, -0.15) is 0 Å². The van der Waals surface area contributed by atoms with Crippen LogP contribution in [0.25, 0.3) is 0 Å². The van der Waals surface area contributed by atoms with E-state index in [-0.39, 0.29) is 6.42 Å². The Hall–Kier alpha value is -2.88. The zero-order chi connectivity index (χ0) is 24.9. The Kier molecular flexibility index (Phi) is 8.35. The van der Waals surface area contributed by atoms with E-state index in [4.69, 9.17) is 14.2 Å². The Balaban J connectivity index is 1.65. The number of pyridine rings is 1. The van der Waals surface area contributed by atoms with Gasteiger partial charge < -0.3 is 24.2 Å². The topological polar surface area (TPSA) is 119 Å². The van der Waals surface area contributed by atoms with Gasteiger partial charge in [-0.25, -0.2) is 19.4 Å². The number of nitrogens with zero attached hydrogens (tertiary/aromatic N) is 3. The average Bonchev–Trinajstić information content (AvgIpc) is 3.60. The Morgan fingerprint density at radius 2 is 1.91 bits per heavy atom. The van der Waals surface area contributed by atoms with Crippen molar-refractivity contribution in [2.24, 2.45) is 5.92 Å². The fourth-order valence-corrected chi connectivity index (χ4v) is 3.67. The molecule has 1 aromatic heterocycles. The van der Waals surface area contributed by atoms with E-state index in [1.54, 1.807) is 33.0 Å². The summed E-state index contributed by atoms with van der Waals surface area (Å²) in [5.41, 5.74) is -0.0833. The second-order valence-electron chi connectivity index (χ2n) is 9.88. The van der Waals surface area contributed by atoms with Crippen molar-refractivity contribution in [1.29, 1.82) is 0 Å². The first-order valence-corrected chi connectivity index (χ1v) is 11.7. The molecule has 0 unspecified atom stereocenters. The zero-order valence-electron chi connectivity index (χ0n) is 20.4. The number of carbonyl (C=O) groups excluding carboxylic acids is 2. The Bertz CT molecular complexity index is 858. The number of rotatable bonds is 9. The molecule has 2 atom stereocenters. The van der Waals surface area contributed by atoms with Crippen LogP contribution >= 0.6 is 0 Å². The molecule has 1 saturated carbocycles. The van der Waals surface area contributed by atoms with E-state index in [0.717, 1.165) is 31.7 Å². The first kappa shape index (κ1) is 25.7. The monoisotopic (exact) mass is 477 g/mol. The second-order valence-corrected chi connectivity index (χ2v) is 9.88. The van der Waals surface area contributed by atoms with Crippen LogP contribution in [-0.2, 0) is 30.2 Å². The normalized spacial score (nSPS) is 18.1. The third-order valence-corrected chi connectivity index (χ3v) is 5.77. The van der Waals surface area contributed by atoms with Gasteiger partial charge in [-0.3, -0.25) is 4.90 Å². The molecular weight excluding hydrogens is 442 g/mol. The molecule has 10 heteroatoms. The van der Waals surface area contributed by atoms with E-state index < -0.39 is 35.8 Å². The fourth-order valence-electron chi connectivity index (χ4n) is 3.67. The van der Waals surface area contributed by atoms with Crippen LogP contribution in [0.3, 0.4) is 0 Å². The Morgan fingerprint density at radius 3 is 2.44 bits per heavy atom. The molecule has 0 radical (unpaired) electrons. The summed E-state index contributed by atoms with van der Waals surface area (Å²) in [6.45, 7) is 7.99. The number of esters is 1. The number of likely N-dealkylation sites (N-methyl/N-ethyl adjacent to an activating group) is 1. The van der Waals surface area contributed by atoms with Crippen molar-refractivity contribution in [3.8, 4) is 0 Å². The molecule has 2 fully saturated rings. The Morgan fingerprint density at radius 1 is 1.24 bits per heavy atom. The lowest BCUT2D eigenvalue weighted by Crippen LogP contribution is -2.47. The minimum atomic E-state index is -1.39. The van der Waals surface area contributed by atoms with Crippen LogP contribution in [0.2, 0.25) is 0 Å². The van der Waals surface area contributed by atoms with Crippen LogP contribution in [0.5, 0.6) is 0 Å². The summed E-state index contributed by atoms with van der Waals surface area (Å²) in [7, 11) is 1.48. The first-order chi connectivity index (χ1) is 16.0. The molecule has 0 aromatic carbocycles. The maximum atomic E-state index is 13.0. The SMILES string of the molecule is CN(C(=O)OC(C)(C)C)[C@@H](CC1CC1)C(=O)O[C@H](Cc1ccc(N2CCOCC2)nc1)C(=O)O. The van der Waals surface area contributed by atoms with E-state index in [1.165, 1.54) is 11.9 Å². The number of ether oxygens (including phenoxy) is 3. The van der Waals surface area contributed by atoms with Gasteiger partial charge in [0.1, 0.15) is 17.5 Å². The van der Waals surface area contributed by atoms with Gasteiger partial charge in [-0.1, -0.05) is 18.9 Å². The lowest BCUT2D eigenvalue weighted by molar-refractivity contribution is -0.167. The molecule has 0 bridgehead atoms. The van der Waals surface area contributed by atoms with Gasteiger partial charge in [0.2, 0.25) is 6.10 Å². The van der Waals surface area contributed by atoms with Crippen LogP contribution in [0, 0.1) is 5.92 Å². The van der Waals surface area contributed by atoms with Crippen molar-refractivity contribution in [1.82, 2.24) is 9.88 Å². The number of carboxylic acid groups (broad SMARTS) is 1. The third kappa shape index (κ3) is 7.58. The van der Waals surface area contributed by atoms with E-state index in [0.29, 0.717) is 31.1 Å². The summed E-state index contributed by atoms with van der Waals surface area (Å²) >= 11 is 0. The van der Waals surface area contributed by atoms with Crippen molar-refractivity contribution in [3.05, 3.63) is 23.9 Å². The predicted molar refractivity (Wildman–Crippen MR) is 124 cm³/mol. The van der Waals surface area contributed by atoms with Gasteiger partial charge in [0, 0.05) is 32.8 Å². The predicted octanol–water partition coefficient (Wildman–Crippen LogP) is 2.49. The summed E-state index contributed by atoms with van der Waals surface area (Å²) in [5.74, 6) is -0.900. The molecule has 3 rings (SSSR count). The summed E-state index contributed by atoms with van der Waals surface area (Å²) < 4.78 is 16.1. The number of aliphatic carboxylic acids is 1. The van der Waals surface area contributed by atoms with Gasteiger partial charge in [-0.15, -0.1) is 0 Å². The minimum Gasteiger partial charge on any atom is -0.478 e. The highest BCUT2D eigenvalue weighted by Gasteiger charge is 2.38. The minimum absolute atomic E-state index is 0.0240. The molecule has 1 saturated heterocycles. The molecular formula is C24H35N3O7. The van der Waals surface area contributed by atoms with Crippen molar-refractivity contribution in [3.63, 3.8) is 0 Å². The molecule has 2 heterocycles. The lowest BCUT2D eigenvalue weighted by atomic mass is 10.1. The second kappa shape index (κ2) is 11.0. The number of carboxylic acids is 1. The number of morpholine rings is 1. The largest absolute Gasteiger partial charge is 0.478 e. The summed E-state index contributed by atoms with van der Waals surface area (Å²) in [6, 6.07) is 2.70. The molecule has 2 aliphatic rings. The van der Waals surface area contributed by atoms with Crippen LogP contribution < -0.4 is 4.90 Å². The molecule has 0 spiro atoms. The number of hydrogen-bond donors (Lipinski definition) is 1. The lowest BCUT2D eigenvalue weighted by Gasteiger charge is -2.30. The van der Waals surface area contributed by atoms with Crippen molar-refractivity contribution in [2.45, 2.75) is 64.2 Å². The first-order valence-electron chi connectivity index (χ1n) is 11.7. The van der Waals surface area contributed by atoms with Crippen LogP contribution in [0.4, 0.5) is 10.6 Å². The van der Waals surface area contributed by atoms with E-state index in [1.807, 2.05) is 6.07 Å². The van der Waals surface area contributed by atoms with Crippen LogP contribution in [-0.4, -0.2) is 84.1 Å². The molecule has 1 aromatic rings. The molecule has 34 heavy (non-hydrogen) atoms. The van der Waals surface area contributed by atoms with Crippen LogP contribution in [0.1, 0.15) is 45.6 Å². The molecule has 1 aliphatic heterocycles. The summed E-state index contributed by atoms with van der Waals surface area (Å²) in [4.78, 5) is 45.2. The van der Waals surface area contributed by atoms with E-state index in [9.17, 15) is 19.5 Å². The van der Waals surface area contributed by atoms with Crippen LogP contribution in [0.15, 0.2) is 18.3 Å². The van der Waals surface area contributed by atoms with Gasteiger partial charge in [0.15, 0.2) is 0 Å². The highest BCUT2D eigenvalue weighted by Crippen LogP contribution is 2.35. The number of anilines is 1. The van der Waals surface area contributed by atoms with Crippen molar-refractivity contribution < 1.29 is 33.7 Å². The zero-order valence-corrected chi connectivity index (χ0v) is 20.4. The molecule has 1 aliphatic carbocycles. The van der Waals surface area contributed by atoms with Gasteiger partial charge in [-0.05, 0) is 44.7 Å². The van der Waals surface area contributed by atoms with Gasteiger partial charge >= 0.3 is 18.0 Å². The standard InChI is InChI=1S/C24H35N3O7/c1-24(2,3)34-23(31)26(4)18(13-16-5-6-16)22(30)33-19(21(28)29)14-17-7-8-20(25-15-17)27-9-11-32-12-10-27/h7-8,15-16,18-19H,5-6,9-14H2,1-4H3,(H,28,29)/t18-,19+/m0/s1. The maximum absolute atomic E-state index is 13.0. The highest BCUT2D eigenvalue weighted by molar-refractivity contribution is 5.84. The number of aromatic nitrogens is 1. The summed E-state index contributed by atoms with van der Waals surface area (Å²) in [6.07, 6.45) is 1.89. The van der Waals surface area contributed by atoms with E-state index >= 15 is 0 Å². The molecule has 10 nitrogen and oxygen atoms in total. The quantitative estimate of drug-likeness (QED) is 0.535. The van der Waals surface area contributed by atoms with E-state index in [2.05, 4.69) is 9.88 Å². The summed E-state index contributed by atoms with van der Waals surface area (Å²) in [5, 5.41) is 9.69. The average molecular weight is 478 g/mol. The molecule has 1 amide bonds. The fraction of sp³-hybridized carbons (Fsp3) is 0.667. The number of amides is 1. The third-order valence-electron chi connectivity index (χ3n) is 5.77. The number of carbonyl (C=O) groups is 3. The van der Waals surface area contributed by atoms with Gasteiger partial charge in [0.05, 0.1) is 13.2 Å². The smallest absolute Gasteiger partial charge is 0.410 e. The molecule has 188 valence electrons. The maximum Gasteiger partial charge on any atom is 0.410 e. The van der Waals surface area contributed by atoms with Gasteiger partial charge in [0.25, 0.3) is 0 Å².